The fourth-order valence-corrected chi connectivity index (χ4v) is 6.83. The van der Waals surface area contributed by atoms with Gasteiger partial charge in [-0.05, 0) is 74.1 Å². The lowest BCUT2D eigenvalue weighted by atomic mass is 9.59. The molecule has 0 aromatic heterocycles. The number of aromatic hydroxyl groups is 1. The number of Topliss-reactive ketones (excluding diaryl/α,β-unsaturated/α-hetero) is 1. The predicted molar refractivity (Wildman–Crippen MR) is 144 cm³/mol. The van der Waals surface area contributed by atoms with Gasteiger partial charge in [0.1, 0.15) is 11.5 Å². The number of phenolic OH excluding ortho intramolecular Hbond substituents is 1. The van der Waals surface area contributed by atoms with Crippen molar-refractivity contribution in [3.05, 3.63) is 88.0 Å². The highest BCUT2D eigenvalue weighted by Gasteiger charge is 2.57. The van der Waals surface area contributed by atoms with E-state index in [1.54, 1.807) is 18.2 Å². The first-order valence-electron chi connectivity index (χ1n) is 13.6. The summed E-state index contributed by atoms with van der Waals surface area (Å²) in [4.78, 5) is 55.5. The van der Waals surface area contributed by atoms with E-state index in [4.69, 9.17) is 0 Å². The second-order valence-corrected chi connectivity index (χ2v) is 11.0. The molecule has 1 N–H and O–H groups in total. The van der Waals surface area contributed by atoms with Gasteiger partial charge in [-0.2, -0.15) is 0 Å². The summed E-state index contributed by atoms with van der Waals surface area (Å²) in [6.07, 6.45) is -1.15. The normalized spacial score (nSPS) is 25.6. The van der Waals surface area contributed by atoms with E-state index in [1.165, 1.54) is 17.9 Å². The van der Waals surface area contributed by atoms with Crippen molar-refractivity contribution < 1.29 is 42.2 Å². The number of ether oxygens (including phenoxy) is 1. The van der Waals surface area contributed by atoms with Crippen LogP contribution in [0.4, 0.5) is 18.9 Å². The monoisotopic (exact) mass is 577 g/mol. The fraction of sp³-hybridized carbons (Fsp3) is 0.312. The Kier molecular flexibility index (Phi) is 6.47. The third-order valence-electron chi connectivity index (χ3n) is 8.71. The van der Waals surface area contributed by atoms with Crippen LogP contribution < -0.4 is 9.64 Å². The van der Waals surface area contributed by atoms with Crippen LogP contribution in [0.1, 0.15) is 43.7 Å². The maximum absolute atomic E-state index is 14.0. The number of aryl methyl sites for hydroxylation is 1. The Labute approximate surface area is 239 Å². The highest BCUT2D eigenvalue weighted by atomic mass is 19.4. The zero-order valence-corrected chi connectivity index (χ0v) is 22.7. The van der Waals surface area contributed by atoms with Crippen molar-refractivity contribution in [3.8, 4) is 11.5 Å². The van der Waals surface area contributed by atoms with Crippen LogP contribution in [-0.4, -0.2) is 34.8 Å². The van der Waals surface area contributed by atoms with Gasteiger partial charge in [-0.1, -0.05) is 30.7 Å². The molecule has 6 rings (SSSR count). The molecule has 0 radical (unpaired) electrons. The molecule has 42 heavy (non-hydrogen) atoms. The van der Waals surface area contributed by atoms with Crippen molar-refractivity contribution >= 4 is 29.1 Å². The van der Waals surface area contributed by atoms with E-state index in [2.05, 4.69) is 4.74 Å². The van der Waals surface area contributed by atoms with Crippen LogP contribution in [0.3, 0.4) is 0 Å². The van der Waals surface area contributed by atoms with Gasteiger partial charge < -0.3 is 9.84 Å². The van der Waals surface area contributed by atoms with Gasteiger partial charge in [-0.25, -0.2) is 0 Å². The van der Waals surface area contributed by atoms with E-state index in [0.29, 0.717) is 11.3 Å². The third-order valence-corrected chi connectivity index (χ3v) is 8.71. The minimum Gasteiger partial charge on any atom is -0.508 e. The van der Waals surface area contributed by atoms with Crippen molar-refractivity contribution in [3.63, 3.8) is 0 Å². The summed E-state index contributed by atoms with van der Waals surface area (Å²) in [5, 5.41) is 10.9. The molecule has 2 aromatic carbocycles. The van der Waals surface area contributed by atoms with Crippen molar-refractivity contribution in [2.75, 3.05) is 4.90 Å². The minimum absolute atomic E-state index is 0.00965. The topological polar surface area (TPSA) is 101 Å². The average Bonchev–Trinajstić information content (AvgIpc) is 3.20. The number of hydrogen-bond acceptors (Lipinski definition) is 6. The molecule has 0 spiro atoms. The Hall–Kier alpha value is -4.47. The van der Waals surface area contributed by atoms with Crippen molar-refractivity contribution in [1.82, 2.24) is 0 Å². The Morgan fingerprint density at radius 1 is 1.00 bits per heavy atom. The Morgan fingerprint density at radius 2 is 1.71 bits per heavy atom. The number of fused-ring (bicyclic) bond motifs is 3. The summed E-state index contributed by atoms with van der Waals surface area (Å²) in [5.74, 6) is -6.10. The summed E-state index contributed by atoms with van der Waals surface area (Å²) in [7, 11) is 0. The largest absolute Gasteiger partial charge is 0.573 e. The van der Waals surface area contributed by atoms with Gasteiger partial charge in [-0.3, -0.25) is 24.1 Å². The summed E-state index contributed by atoms with van der Waals surface area (Å²) < 4.78 is 43.3. The molecule has 10 heteroatoms. The smallest absolute Gasteiger partial charge is 0.508 e. The third kappa shape index (κ3) is 4.36. The van der Waals surface area contributed by atoms with Gasteiger partial charge in [0.2, 0.25) is 11.8 Å². The van der Waals surface area contributed by atoms with Gasteiger partial charge in [0, 0.05) is 28.2 Å². The SMILES string of the molecule is CCc1ccc(N2C(=O)C3CC=C4C(c5cc(OC(F)(F)F)ccc5O)C5=C(CC4C3C2=O)C(=O)C(C)=CC5=O)cc1. The van der Waals surface area contributed by atoms with Gasteiger partial charge in [0.25, 0.3) is 0 Å². The molecular weight excluding hydrogens is 551 g/mol. The lowest BCUT2D eigenvalue weighted by Gasteiger charge is -2.42. The average molecular weight is 578 g/mol. The first kappa shape index (κ1) is 27.7. The number of carbonyl (C=O) groups excluding carboxylic acids is 4. The van der Waals surface area contributed by atoms with Crippen molar-refractivity contribution in [1.29, 1.82) is 0 Å². The lowest BCUT2D eigenvalue weighted by Crippen LogP contribution is -2.39. The molecule has 4 atom stereocenters. The zero-order chi connectivity index (χ0) is 30.1. The number of alkyl halides is 3. The molecule has 2 amide bonds. The molecule has 1 aliphatic heterocycles. The standard InChI is InChI=1S/C32H26F3NO6/c1-3-16-4-6-17(7-5-16)36-30(40)20-10-9-19-21(27(20)31(36)41)14-23-28(25(38)12-15(2)29(23)39)26(19)22-13-18(8-11-24(22)37)42-32(33,34)35/h4-9,11-13,20-21,26-27,37H,3,10,14H2,1-2H3. The number of imide groups is 1. The lowest BCUT2D eigenvalue weighted by molar-refractivity contribution is -0.274. The number of anilines is 1. The molecule has 4 unspecified atom stereocenters. The van der Waals surface area contributed by atoms with Crippen LogP contribution >= 0.6 is 0 Å². The molecule has 2 aromatic rings. The van der Waals surface area contributed by atoms with Crippen LogP contribution in [0.5, 0.6) is 11.5 Å². The number of halogens is 3. The molecule has 216 valence electrons. The van der Waals surface area contributed by atoms with Crippen LogP contribution in [0.25, 0.3) is 0 Å². The summed E-state index contributed by atoms with van der Waals surface area (Å²) >= 11 is 0. The summed E-state index contributed by atoms with van der Waals surface area (Å²) in [5.41, 5.74) is 2.30. The number of ketones is 2. The molecule has 3 aliphatic carbocycles. The highest BCUT2D eigenvalue weighted by molar-refractivity contribution is 6.25. The summed E-state index contributed by atoms with van der Waals surface area (Å²) in [6, 6.07) is 10.1. The van der Waals surface area contributed by atoms with Gasteiger partial charge >= 0.3 is 6.36 Å². The molecule has 4 aliphatic rings. The van der Waals surface area contributed by atoms with Gasteiger partial charge in [0.05, 0.1) is 17.5 Å². The molecule has 0 saturated carbocycles. The molecule has 1 fully saturated rings. The molecule has 1 saturated heterocycles. The maximum atomic E-state index is 14.0. The van der Waals surface area contributed by atoms with Crippen LogP contribution in [0, 0.1) is 17.8 Å². The Morgan fingerprint density at radius 3 is 2.38 bits per heavy atom. The zero-order valence-electron chi connectivity index (χ0n) is 22.7. The number of benzene rings is 2. The maximum Gasteiger partial charge on any atom is 0.573 e. The fourth-order valence-electron chi connectivity index (χ4n) is 6.83. The number of amides is 2. The highest BCUT2D eigenvalue weighted by Crippen LogP contribution is 2.56. The minimum atomic E-state index is -5.00. The van der Waals surface area contributed by atoms with Crippen LogP contribution in [0.2, 0.25) is 0 Å². The first-order chi connectivity index (χ1) is 19.9. The van der Waals surface area contributed by atoms with E-state index in [-0.39, 0.29) is 41.0 Å². The van der Waals surface area contributed by atoms with Crippen LogP contribution in [-0.2, 0) is 25.6 Å². The van der Waals surface area contributed by atoms with Crippen molar-refractivity contribution in [2.24, 2.45) is 17.8 Å². The Bertz CT molecular complexity index is 1650. The van der Waals surface area contributed by atoms with Crippen molar-refractivity contribution in [2.45, 2.75) is 45.4 Å². The summed E-state index contributed by atoms with van der Waals surface area (Å²) in [6.45, 7) is 3.48. The van der Waals surface area contributed by atoms with Gasteiger partial charge in [0.15, 0.2) is 11.6 Å². The van der Waals surface area contributed by atoms with E-state index in [1.807, 2.05) is 19.1 Å². The number of phenols is 1. The molecule has 7 nitrogen and oxygen atoms in total. The van der Waals surface area contributed by atoms with Gasteiger partial charge in [-0.15, -0.1) is 13.2 Å². The second kappa shape index (κ2) is 9.82. The van der Waals surface area contributed by atoms with E-state index in [0.717, 1.165) is 30.2 Å². The number of rotatable bonds is 4. The van der Waals surface area contributed by atoms with Crippen LogP contribution in [0.15, 0.2) is 76.9 Å². The molecule has 1 heterocycles. The number of nitrogens with zero attached hydrogens (tertiary/aromatic N) is 1. The van der Waals surface area contributed by atoms with E-state index < -0.39 is 59.0 Å². The van der Waals surface area contributed by atoms with E-state index >= 15 is 0 Å². The molecule has 0 bridgehead atoms. The first-order valence-corrected chi connectivity index (χ1v) is 13.6. The number of allylic oxidation sites excluding steroid dienone is 6. The quantitative estimate of drug-likeness (QED) is 0.293. The second-order valence-electron chi connectivity index (χ2n) is 11.0. The van der Waals surface area contributed by atoms with E-state index in [9.17, 15) is 37.5 Å². The predicted octanol–water partition coefficient (Wildman–Crippen LogP) is 5.49. The number of carbonyl (C=O) groups is 4. The number of hydrogen-bond donors (Lipinski definition) is 1. The Balaban J connectivity index is 1.48. The molecular formula is C32H26F3NO6.